The van der Waals surface area contributed by atoms with Crippen LogP contribution in [0.3, 0.4) is 0 Å². The number of hydrogen-bond donors (Lipinski definition) is 0. The number of carbonyl (C=O) groups excluding carboxylic acids is 1. The minimum atomic E-state index is -2.84. The normalized spacial score (nSPS) is 16.9. The molecule has 0 spiro atoms. The van der Waals surface area contributed by atoms with Gasteiger partial charge in [-0.2, -0.15) is 0 Å². The van der Waals surface area contributed by atoms with E-state index in [0.717, 1.165) is 7.11 Å². The van der Waals surface area contributed by atoms with E-state index in [2.05, 4.69) is 4.99 Å². The third-order valence-electron chi connectivity index (χ3n) is 3.88. The van der Waals surface area contributed by atoms with Gasteiger partial charge in [-0.3, -0.25) is 4.99 Å². The highest BCUT2D eigenvalue weighted by Gasteiger charge is 2.35. The molecule has 3 aromatic carbocycles. The van der Waals surface area contributed by atoms with Crippen molar-refractivity contribution in [3.63, 3.8) is 0 Å². The van der Waals surface area contributed by atoms with Gasteiger partial charge in [0.15, 0.2) is 5.54 Å². The zero-order valence-corrected chi connectivity index (χ0v) is 15.0. The Balaban J connectivity index is 2.39. The third kappa shape index (κ3) is 4.50. The van der Waals surface area contributed by atoms with Crippen molar-refractivity contribution in [1.29, 1.82) is 0 Å². The van der Waals surface area contributed by atoms with Crippen LogP contribution in [0.25, 0.3) is 0 Å². The molecule has 0 saturated carbocycles. The standard InChI is InChI=1S/C24H23NO2/c1-24(23(26)27-2,18-19-12-6-3-7-13-19)25-22(20-14-8-4-9-15-20)21-16-10-5-11-17-21/h3-17H,18H2,1-2H3/i3D,6D,7D,12D,13D,18D2. The van der Waals surface area contributed by atoms with Crippen LogP contribution in [0.2, 0.25) is 0 Å². The summed E-state index contributed by atoms with van der Waals surface area (Å²) in [5, 5.41) is 0. The quantitative estimate of drug-likeness (QED) is 0.470. The van der Waals surface area contributed by atoms with Gasteiger partial charge in [-0.25, -0.2) is 4.79 Å². The van der Waals surface area contributed by atoms with Crippen LogP contribution >= 0.6 is 0 Å². The number of ether oxygens (including phenoxy) is 1. The van der Waals surface area contributed by atoms with Crippen molar-refractivity contribution in [3.05, 3.63) is 108 Å². The maximum atomic E-state index is 13.1. The Bertz CT molecular complexity index is 1180. The van der Waals surface area contributed by atoms with E-state index >= 15 is 0 Å². The van der Waals surface area contributed by atoms with Crippen LogP contribution in [0.4, 0.5) is 0 Å². The number of hydrogen-bond acceptors (Lipinski definition) is 3. The Morgan fingerprint density at radius 3 is 2.00 bits per heavy atom. The molecule has 0 bridgehead atoms. The van der Waals surface area contributed by atoms with Gasteiger partial charge >= 0.3 is 5.97 Å². The molecule has 3 nitrogen and oxygen atoms in total. The summed E-state index contributed by atoms with van der Waals surface area (Å²) in [7, 11) is 1.08. The highest BCUT2D eigenvalue weighted by atomic mass is 16.5. The van der Waals surface area contributed by atoms with E-state index in [1.807, 2.05) is 0 Å². The van der Waals surface area contributed by atoms with Gasteiger partial charge < -0.3 is 4.74 Å². The molecule has 1 atom stereocenters. The van der Waals surface area contributed by atoms with Crippen LogP contribution in [0.5, 0.6) is 0 Å². The highest BCUT2D eigenvalue weighted by Crippen LogP contribution is 2.23. The topological polar surface area (TPSA) is 38.7 Å². The second-order valence-corrected chi connectivity index (χ2v) is 5.88. The van der Waals surface area contributed by atoms with Crippen molar-refractivity contribution < 1.29 is 19.1 Å². The summed E-state index contributed by atoms with van der Waals surface area (Å²) in [5.41, 5.74) is -1.50. The van der Waals surface area contributed by atoms with Crippen LogP contribution in [-0.4, -0.2) is 24.3 Å². The van der Waals surface area contributed by atoms with Gasteiger partial charge in [0, 0.05) is 20.2 Å². The summed E-state index contributed by atoms with van der Waals surface area (Å²) in [5.74, 6) is -1.06. The van der Waals surface area contributed by atoms with Crippen molar-refractivity contribution in [1.82, 2.24) is 0 Å². The van der Waals surface area contributed by atoms with Crippen LogP contribution in [-0.2, 0) is 15.9 Å². The predicted octanol–water partition coefficient (Wildman–Crippen LogP) is 4.70. The van der Waals surface area contributed by atoms with Gasteiger partial charge in [-0.05, 0) is 12.5 Å². The summed E-state index contributed by atoms with van der Waals surface area (Å²) in [6.45, 7) is 1.20. The first kappa shape index (κ1) is 11.5. The second kappa shape index (κ2) is 8.45. The molecular formula is C24H23NO2. The molecule has 0 amide bonds. The number of esters is 1. The van der Waals surface area contributed by atoms with E-state index in [1.54, 1.807) is 60.7 Å². The van der Waals surface area contributed by atoms with Crippen LogP contribution in [0, 0.1) is 0 Å². The number of rotatable bonds is 6. The molecule has 0 radical (unpaired) electrons. The highest BCUT2D eigenvalue weighted by molar-refractivity contribution is 6.13. The molecule has 3 aromatic rings. The zero-order valence-electron chi connectivity index (χ0n) is 22.0. The summed E-state index contributed by atoms with van der Waals surface area (Å²) >= 11 is 0. The fourth-order valence-corrected chi connectivity index (χ4v) is 2.59. The number of aliphatic imine (C=N–C) groups is 1. The average Bonchev–Trinajstić information content (AvgIpc) is 2.85. The zero-order chi connectivity index (χ0) is 25.3. The van der Waals surface area contributed by atoms with E-state index in [0.29, 0.717) is 11.1 Å². The molecule has 0 heterocycles. The Morgan fingerprint density at radius 1 is 1.00 bits per heavy atom. The average molecular weight is 364 g/mol. The van der Waals surface area contributed by atoms with Gasteiger partial charge in [0.2, 0.25) is 0 Å². The Morgan fingerprint density at radius 2 is 1.52 bits per heavy atom. The summed E-state index contributed by atoms with van der Waals surface area (Å²) in [6.07, 6.45) is -2.84. The van der Waals surface area contributed by atoms with Crippen LogP contribution in [0.15, 0.2) is 95.9 Å². The SMILES string of the molecule is [2H]c1c([2H])c([2H])c(C([2H])([2H])C(C)(N=C(c2ccccc2)c2ccccc2)C(=O)OC)c([2H])c1[2H]. The smallest absolute Gasteiger partial charge is 0.333 e. The fraction of sp³-hybridized carbons (Fsp3) is 0.167. The molecule has 0 fully saturated rings. The number of benzene rings is 3. The maximum absolute atomic E-state index is 13.1. The molecule has 1 unspecified atom stereocenters. The first-order valence-electron chi connectivity index (χ1n) is 11.8. The van der Waals surface area contributed by atoms with E-state index in [4.69, 9.17) is 14.3 Å². The molecule has 0 aliphatic rings. The molecule has 3 rings (SSSR count). The molecule has 27 heavy (non-hydrogen) atoms. The van der Waals surface area contributed by atoms with Crippen molar-refractivity contribution >= 4 is 11.7 Å². The first-order chi connectivity index (χ1) is 16.0. The number of nitrogens with zero attached hydrogens (tertiary/aromatic N) is 1. The van der Waals surface area contributed by atoms with Gasteiger partial charge in [-0.1, -0.05) is 90.9 Å². The minimum absolute atomic E-state index is 0.283. The van der Waals surface area contributed by atoms with Gasteiger partial charge in [0.25, 0.3) is 0 Å². The van der Waals surface area contributed by atoms with E-state index in [9.17, 15) is 4.79 Å². The second-order valence-electron chi connectivity index (χ2n) is 5.88. The largest absolute Gasteiger partial charge is 0.467 e. The van der Waals surface area contributed by atoms with E-state index < -0.39 is 53.7 Å². The first-order valence-corrected chi connectivity index (χ1v) is 8.34. The van der Waals surface area contributed by atoms with Crippen molar-refractivity contribution in [2.45, 2.75) is 18.8 Å². The van der Waals surface area contributed by atoms with Crippen molar-refractivity contribution in [2.75, 3.05) is 7.11 Å². The summed E-state index contributed by atoms with van der Waals surface area (Å²) < 4.78 is 63.0. The molecule has 0 saturated heterocycles. The molecule has 136 valence electrons. The maximum Gasteiger partial charge on any atom is 0.333 e. The lowest BCUT2D eigenvalue weighted by Gasteiger charge is -2.24. The molecule has 0 N–H and O–H groups in total. The molecule has 0 aliphatic carbocycles. The van der Waals surface area contributed by atoms with Gasteiger partial charge in [-0.15, -0.1) is 0 Å². The van der Waals surface area contributed by atoms with Crippen LogP contribution in [0.1, 0.15) is 33.2 Å². The van der Waals surface area contributed by atoms with Crippen molar-refractivity contribution in [2.24, 2.45) is 4.99 Å². The van der Waals surface area contributed by atoms with Crippen LogP contribution < -0.4 is 0 Å². The number of carbonyl (C=O) groups is 1. The lowest BCUT2D eigenvalue weighted by molar-refractivity contribution is -0.146. The monoisotopic (exact) mass is 364 g/mol. The Kier molecular flexibility index (Phi) is 3.60. The molecule has 0 aliphatic heterocycles. The van der Waals surface area contributed by atoms with Gasteiger partial charge in [0.1, 0.15) is 0 Å². The third-order valence-corrected chi connectivity index (χ3v) is 3.88. The summed E-state index contributed by atoms with van der Waals surface area (Å²) in [6, 6.07) is 14.1. The van der Waals surface area contributed by atoms with Crippen molar-refractivity contribution in [3.8, 4) is 0 Å². The predicted molar refractivity (Wildman–Crippen MR) is 109 cm³/mol. The molecule has 3 heteroatoms. The Labute approximate surface area is 170 Å². The lowest BCUT2D eigenvalue weighted by Crippen LogP contribution is -2.38. The minimum Gasteiger partial charge on any atom is -0.467 e. The molecular weight excluding hydrogens is 334 g/mol. The Hall–Kier alpha value is -3.20. The summed E-state index contributed by atoms with van der Waals surface area (Å²) in [4.78, 5) is 17.7. The molecule has 0 aromatic heterocycles. The lowest BCUT2D eigenvalue weighted by atomic mass is 9.92. The number of methoxy groups -OCH3 is 1. The fourth-order valence-electron chi connectivity index (χ4n) is 2.59. The van der Waals surface area contributed by atoms with Gasteiger partial charge in [0.05, 0.1) is 19.7 Å². The van der Waals surface area contributed by atoms with E-state index in [-0.39, 0.29) is 5.71 Å². The van der Waals surface area contributed by atoms with E-state index in [1.165, 1.54) is 6.92 Å².